The summed E-state index contributed by atoms with van der Waals surface area (Å²) in [5.74, 6) is 0.883. The molecule has 0 amide bonds. The molecule has 0 radical (unpaired) electrons. The molecule has 2 rings (SSSR count). The molecule has 2 N–H and O–H groups in total. The standard InChI is InChI=1S/C14H23N3/c1-3-11-10-12(4-2)17-13(16-11)14(15)8-6-5-7-9-14/h10H,3-9,15H2,1-2H3. The molecule has 0 aliphatic heterocycles. The second-order valence-corrected chi connectivity index (χ2v) is 5.10. The molecule has 1 aliphatic carbocycles. The van der Waals surface area contributed by atoms with Crippen molar-refractivity contribution in [3.63, 3.8) is 0 Å². The van der Waals surface area contributed by atoms with E-state index in [4.69, 9.17) is 5.73 Å². The van der Waals surface area contributed by atoms with E-state index in [1.54, 1.807) is 0 Å². The van der Waals surface area contributed by atoms with Crippen molar-refractivity contribution in [1.82, 2.24) is 9.97 Å². The molecule has 1 fully saturated rings. The van der Waals surface area contributed by atoms with Crippen LogP contribution in [0.2, 0.25) is 0 Å². The van der Waals surface area contributed by atoms with Crippen LogP contribution in [0.5, 0.6) is 0 Å². The predicted octanol–water partition coefficient (Wildman–Crippen LogP) is 2.72. The number of aromatic nitrogens is 2. The molecule has 0 bridgehead atoms. The third-order valence-corrected chi connectivity index (χ3v) is 3.75. The summed E-state index contributed by atoms with van der Waals surface area (Å²) in [6.45, 7) is 4.27. The molecule has 1 aromatic rings. The van der Waals surface area contributed by atoms with Crippen molar-refractivity contribution in [1.29, 1.82) is 0 Å². The van der Waals surface area contributed by atoms with E-state index in [1.165, 1.54) is 19.3 Å². The molecule has 0 aromatic carbocycles. The van der Waals surface area contributed by atoms with Gasteiger partial charge >= 0.3 is 0 Å². The van der Waals surface area contributed by atoms with Gasteiger partial charge in [-0.25, -0.2) is 9.97 Å². The lowest BCUT2D eigenvalue weighted by Gasteiger charge is -2.32. The molecule has 0 saturated heterocycles. The van der Waals surface area contributed by atoms with E-state index in [0.717, 1.165) is 42.9 Å². The van der Waals surface area contributed by atoms with E-state index in [0.29, 0.717) is 0 Å². The van der Waals surface area contributed by atoms with Crippen LogP contribution in [0, 0.1) is 0 Å². The minimum atomic E-state index is -0.270. The van der Waals surface area contributed by atoms with Crippen molar-refractivity contribution >= 4 is 0 Å². The van der Waals surface area contributed by atoms with Gasteiger partial charge in [-0.2, -0.15) is 0 Å². The molecular weight excluding hydrogens is 210 g/mol. The van der Waals surface area contributed by atoms with Crippen LogP contribution in [0.1, 0.15) is 63.2 Å². The van der Waals surface area contributed by atoms with Gasteiger partial charge in [-0.05, 0) is 31.7 Å². The molecule has 1 aromatic heterocycles. The van der Waals surface area contributed by atoms with Crippen molar-refractivity contribution in [2.45, 2.75) is 64.3 Å². The topological polar surface area (TPSA) is 51.8 Å². The number of hydrogen-bond acceptors (Lipinski definition) is 3. The first-order valence-electron chi connectivity index (χ1n) is 6.84. The highest BCUT2D eigenvalue weighted by atomic mass is 15.0. The first-order valence-corrected chi connectivity index (χ1v) is 6.84. The van der Waals surface area contributed by atoms with Crippen molar-refractivity contribution in [3.8, 4) is 0 Å². The summed E-state index contributed by atoms with van der Waals surface area (Å²) in [5, 5.41) is 0. The minimum Gasteiger partial charge on any atom is -0.319 e. The molecular formula is C14H23N3. The van der Waals surface area contributed by atoms with Gasteiger partial charge in [-0.1, -0.05) is 33.1 Å². The van der Waals surface area contributed by atoms with Gasteiger partial charge in [0.1, 0.15) is 5.82 Å². The number of hydrogen-bond donors (Lipinski definition) is 1. The van der Waals surface area contributed by atoms with Crippen LogP contribution in [0.25, 0.3) is 0 Å². The van der Waals surface area contributed by atoms with E-state index >= 15 is 0 Å². The summed E-state index contributed by atoms with van der Waals surface area (Å²) in [5.41, 5.74) is 8.49. The van der Waals surface area contributed by atoms with Gasteiger partial charge in [0.25, 0.3) is 0 Å². The third-order valence-electron chi connectivity index (χ3n) is 3.75. The zero-order chi connectivity index (χ0) is 12.3. The summed E-state index contributed by atoms with van der Waals surface area (Å²) in [6, 6.07) is 2.11. The Balaban J connectivity index is 2.35. The fraction of sp³-hybridized carbons (Fsp3) is 0.714. The molecule has 1 saturated carbocycles. The molecule has 17 heavy (non-hydrogen) atoms. The number of nitrogens with two attached hydrogens (primary N) is 1. The van der Waals surface area contributed by atoms with Gasteiger partial charge in [0, 0.05) is 11.4 Å². The Hall–Kier alpha value is -0.960. The largest absolute Gasteiger partial charge is 0.319 e. The Morgan fingerprint density at radius 3 is 2.06 bits per heavy atom. The van der Waals surface area contributed by atoms with Crippen LogP contribution >= 0.6 is 0 Å². The Morgan fingerprint density at radius 1 is 1.06 bits per heavy atom. The highest BCUT2D eigenvalue weighted by Crippen LogP contribution is 2.33. The number of aryl methyl sites for hydroxylation is 2. The number of rotatable bonds is 3. The maximum absolute atomic E-state index is 6.50. The highest BCUT2D eigenvalue weighted by molar-refractivity contribution is 5.16. The van der Waals surface area contributed by atoms with Crippen LogP contribution < -0.4 is 5.73 Å². The summed E-state index contributed by atoms with van der Waals surface area (Å²) < 4.78 is 0. The second-order valence-electron chi connectivity index (χ2n) is 5.10. The lowest BCUT2D eigenvalue weighted by molar-refractivity contribution is 0.285. The lowest BCUT2D eigenvalue weighted by Crippen LogP contribution is -2.40. The smallest absolute Gasteiger partial charge is 0.148 e. The van der Waals surface area contributed by atoms with E-state index in [9.17, 15) is 0 Å². The fourth-order valence-corrected chi connectivity index (χ4v) is 2.55. The molecule has 94 valence electrons. The molecule has 0 spiro atoms. The average molecular weight is 233 g/mol. The highest BCUT2D eigenvalue weighted by Gasteiger charge is 2.32. The first kappa shape index (κ1) is 12.5. The van der Waals surface area contributed by atoms with E-state index in [2.05, 4.69) is 29.9 Å². The summed E-state index contributed by atoms with van der Waals surface area (Å²) in [7, 11) is 0. The van der Waals surface area contributed by atoms with Crippen molar-refractivity contribution in [2.75, 3.05) is 0 Å². The SMILES string of the molecule is CCc1cc(CC)nc(C2(N)CCCCC2)n1. The molecule has 1 heterocycles. The number of nitrogens with zero attached hydrogens (tertiary/aromatic N) is 2. The van der Waals surface area contributed by atoms with Gasteiger partial charge in [0.2, 0.25) is 0 Å². The Kier molecular flexibility index (Phi) is 3.77. The van der Waals surface area contributed by atoms with Gasteiger partial charge in [-0.3, -0.25) is 0 Å². The van der Waals surface area contributed by atoms with Crippen molar-refractivity contribution in [3.05, 3.63) is 23.3 Å². The zero-order valence-corrected chi connectivity index (χ0v) is 11.0. The normalized spacial score (nSPS) is 19.2. The van der Waals surface area contributed by atoms with Crippen LogP contribution in [0.15, 0.2) is 6.07 Å². The molecule has 1 aliphatic rings. The van der Waals surface area contributed by atoms with Crippen LogP contribution in [-0.2, 0) is 18.4 Å². The third kappa shape index (κ3) is 2.65. The van der Waals surface area contributed by atoms with Crippen LogP contribution in [0.4, 0.5) is 0 Å². The van der Waals surface area contributed by atoms with Gasteiger partial charge in [0.15, 0.2) is 0 Å². The van der Waals surface area contributed by atoms with Gasteiger partial charge in [0.05, 0.1) is 5.54 Å². The molecule has 3 nitrogen and oxygen atoms in total. The summed E-state index contributed by atoms with van der Waals surface area (Å²) in [6.07, 6.45) is 7.69. The van der Waals surface area contributed by atoms with Gasteiger partial charge in [-0.15, -0.1) is 0 Å². The maximum atomic E-state index is 6.50. The fourth-order valence-electron chi connectivity index (χ4n) is 2.55. The van der Waals surface area contributed by atoms with E-state index in [1.807, 2.05) is 0 Å². The molecule has 3 heteroatoms. The van der Waals surface area contributed by atoms with Crippen LogP contribution in [0.3, 0.4) is 0 Å². The maximum Gasteiger partial charge on any atom is 0.148 e. The van der Waals surface area contributed by atoms with Crippen LogP contribution in [-0.4, -0.2) is 9.97 Å². The van der Waals surface area contributed by atoms with Crippen molar-refractivity contribution in [2.24, 2.45) is 5.73 Å². The van der Waals surface area contributed by atoms with E-state index < -0.39 is 0 Å². The molecule has 0 unspecified atom stereocenters. The minimum absolute atomic E-state index is 0.270. The Morgan fingerprint density at radius 2 is 1.59 bits per heavy atom. The quantitative estimate of drug-likeness (QED) is 0.873. The summed E-state index contributed by atoms with van der Waals surface area (Å²) >= 11 is 0. The zero-order valence-electron chi connectivity index (χ0n) is 11.0. The average Bonchev–Trinajstić information content (AvgIpc) is 2.39. The first-order chi connectivity index (χ1) is 8.18. The second kappa shape index (κ2) is 5.13. The predicted molar refractivity (Wildman–Crippen MR) is 69.7 cm³/mol. The lowest BCUT2D eigenvalue weighted by atomic mass is 9.82. The monoisotopic (exact) mass is 233 g/mol. The van der Waals surface area contributed by atoms with Crippen molar-refractivity contribution < 1.29 is 0 Å². The Labute approximate surface area is 104 Å². The van der Waals surface area contributed by atoms with E-state index in [-0.39, 0.29) is 5.54 Å². The molecule has 0 atom stereocenters. The van der Waals surface area contributed by atoms with Gasteiger partial charge < -0.3 is 5.73 Å². The Bertz CT molecular complexity index is 359. The summed E-state index contributed by atoms with van der Waals surface area (Å²) in [4.78, 5) is 9.32.